The van der Waals surface area contributed by atoms with Gasteiger partial charge in [-0.05, 0) is 78.7 Å². The predicted molar refractivity (Wildman–Crippen MR) is 186 cm³/mol. The second-order valence-corrected chi connectivity index (χ2v) is 13.0. The number of rotatable bonds is 2. The summed E-state index contributed by atoms with van der Waals surface area (Å²) in [6.45, 7) is 6.91. The van der Waals surface area contributed by atoms with Crippen molar-refractivity contribution in [1.82, 2.24) is 4.57 Å². The van der Waals surface area contributed by atoms with Gasteiger partial charge in [0, 0.05) is 21.5 Å². The molecule has 0 unspecified atom stereocenters. The first kappa shape index (κ1) is 24.5. The number of aromatic nitrogens is 1. The fraction of sp³-hybridized carbons (Fsp3) is 0.0952. The molecule has 0 amide bonds. The molecule has 0 aliphatic rings. The normalized spacial score (nSPS) is 12.5. The molecule has 0 atom stereocenters. The van der Waals surface area contributed by atoms with Crippen LogP contribution in [0.15, 0.2) is 133 Å². The van der Waals surface area contributed by atoms with Crippen molar-refractivity contribution in [2.75, 3.05) is 0 Å². The van der Waals surface area contributed by atoms with Crippen LogP contribution in [0.3, 0.4) is 0 Å². The molecule has 1 heterocycles. The summed E-state index contributed by atoms with van der Waals surface area (Å²) in [4.78, 5) is 0. The lowest BCUT2D eigenvalue weighted by atomic mass is 9.82. The van der Waals surface area contributed by atoms with Crippen LogP contribution in [-0.4, -0.2) is 4.57 Å². The smallest absolute Gasteiger partial charge is 0.0547 e. The van der Waals surface area contributed by atoms with Gasteiger partial charge in [0.1, 0.15) is 0 Å². The van der Waals surface area contributed by atoms with Crippen molar-refractivity contribution < 1.29 is 0 Å². The van der Waals surface area contributed by atoms with Gasteiger partial charge in [0.2, 0.25) is 0 Å². The van der Waals surface area contributed by atoms with E-state index in [9.17, 15) is 0 Å². The Balaban J connectivity index is 1.48. The van der Waals surface area contributed by atoms with E-state index in [1.807, 2.05) is 0 Å². The average Bonchev–Trinajstić information content (AvgIpc) is 3.37. The van der Waals surface area contributed by atoms with Gasteiger partial charge in [-0.2, -0.15) is 0 Å². The van der Waals surface area contributed by atoms with Gasteiger partial charge >= 0.3 is 0 Å². The van der Waals surface area contributed by atoms with Gasteiger partial charge < -0.3 is 4.57 Å². The maximum atomic E-state index is 2.49. The van der Waals surface area contributed by atoms with E-state index < -0.39 is 0 Å². The number of hydrogen-bond acceptors (Lipinski definition) is 0. The first-order valence-electron chi connectivity index (χ1n) is 15.2. The van der Waals surface area contributed by atoms with Crippen molar-refractivity contribution in [2.24, 2.45) is 0 Å². The third-order valence-electron chi connectivity index (χ3n) is 9.44. The Morgan fingerprint density at radius 2 is 1.02 bits per heavy atom. The van der Waals surface area contributed by atoms with Crippen LogP contribution in [-0.2, 0) is 5.41 Å². The Hall–Kier alpha value is -5.14. The SMILES string of the molecule is CC(C)(C)c1cc2ccc3c(-c4ccc5ccccc5c4)cc(-n4c5ccccc5c5ccccc54)c4ccc(c1)c2c34. The summed E-state index contributed by atoms with van der Waals surface area (Å²) < 4.78 is 2.49. The molecule has 1 aromatic heterocycles. The summed E-state index contributed by atoms with van der Waals surface area (Å²) in [6.07, 6.45) is 0. The summed E-state index contributed by atoms with van der Waals surface area (Å²) >= 11 is 0. The van der Waals surface area contributed by atoms with E-state index in [0.29, 0.717) is 0 Å². The molecule has 0 N–H and O–H groups in total. The van der Waals surface area contributed by atoms with Crippen LogP contribution in [0.4, 0.5) is 0 Å². The Kier molecular flexibility index (Phi) is 4.94. The highest BCUT2D eigenvalue weighted by Crippen LogP contribution is 2.45. The fourth-order valence-electron chi connectivity index (χ4n) is 7.29. The topological polar surface area (TPSA) is 4.93 Å². The van der Waals surface area contributed by atoms with E-state index >= 15 is 0 Å². The number of benzene rings is 8. The minimum Gasteiger partial charge on any atom is -0.309 e. The van der Waals surface area contributed by atoms with Crippen molar-refractivity contribution in [1.29, 1.82) is 0 Å². The van der Waals surface area contributed by atoms with E-state index in [1.54, 1.807) is 0 Å². The van der Waals surface area contributed by atoms with Crippen molar-refractivity contribution >= 4 is 64.9 Å². The molecule has 9 rings (SSSR count). The maximum absolute atomic E-state index is 2.49. The number of hydrogen-bond donors (Lipinski definition) is 0. The van der Waals surface area contributed by atoms with Crippen molar-refractivity contribution in [3.63, 3.8) is 0 Å². The molecule has 1 nitrogen and oxygen atoms in total. The monoisotopic (exact) mass is 549 g/mol. The summed E-state index contributed by atoms with van der Waals surface area (Å²) in [6, 6.07) is 49.9. The van der Waals surface area contributed by atoms with Gasteiger partial charge in [0.05, 0.1) is 16.7 Å². The summed E-state index contributed by atoms with van der Waals surface area (Å²) in [7, 11) is 0. The van der Waals surface area contributed by atoms with Gasteiger partial charge in [0.15, 0.2) is 0 Å². The minimum absolute atomic E-state index is 0.0782. The Morgan fingerprint density at radius 3 is 1.70 bits per heavy atom. The largest absolute Gasteiger partial charge is 0.309 e. The van der Waals surface area contributed by atoms with Crippen LogP contribution in [0.25, 0.3) is 81.7 Å². The van der Waals surface area contributed by atoms with Crippen LogP contribution in [0.1, 0.15) is 26.3 Å². The molecule has 0 saturated heterocycles. The van der Waals surface area contributed by atoms with Crippen LogP contribution in [0.5, 0.6) is 0 Å². The van der Waals surface area contributed by atoms with E-state index in [-0.39, 0.29) is 5.41 Å². The highest BCUT2D eigenvalue weighted by atomic mass is 15.0. The Labute approximate surface area is 250 Å². The zero-order valence-corrected chi connectivity index (χ0v) is 24.6. The van der Waals surface area contributed by atoms with Crippen molar-refractivity contribution in [3.8, 4) is 16.8 Å². The van der Waals surface area contributed by atoms with Crippen LogP contribution in [0.2, 0.25) is 0 Å². The molecule has 0 aliphatic carbocycles. The molecule has 0 saturated carbocycles. The molecule has 1 heteroatoms. The maximum Gasteiger partial charge on any atom is 0.0547 e. The molecule has 8 aromatic carbocycles. The number of para-hydroxylation sites is 2. The lowest BCUT2D eigenvalue weighted by Crippen LogP contribution is -2.10. The molecular formula is C42H31N. The molecule has 0 radical (unpaired) electrons. The second-order valence-electron chi connectivity index (χ2n) is 13.0. The van der Waals surface area contributed by atoms with Crippen LogP contribution < -0.4 is 0 Å². The second kappa shape index (κ2) is 8.69. The van der Waals surface area contributed by atoms with Gasteiger partial charge in [-0.15, -0.1) is 0 Å². The number of fused-ring (bicyclic) bond motifs is 4. The zero-order valence-electron chi connectivity index (χ0n) is 24.6. The van der Waals surface area contributed by atoms with E-state index in [0.717, 1.165) is 0 Å². The van der Waals surface area contributed by atoms with Crippen LogP contribution in [0, 0.1) is 0 Å². The predicted octanol–water partition coefficient (Wildman–Crippen LogP) is 11.8. The van der Waals surface area contributed by atoms with E-state index in [1.165, 1.54) is 87.3 Å². The zero-order chi connectivity index (χ0) is 28.9. The van der Waals surface area contributed by atoms with Crippen molar-refractivity contribution in [2.45, 2.75) is 26.2 Å². The molecule has 204 valence electrons. The number of nitrogens with zero attached hydrogens (tertiary/aromatic N) is 1. The highest BCUT2D eigenvalue weighted by Gasteiger charge is 2.22. The molecule has 43 heavy (non-hydrogen) atoms. The van der Waals surface area contributed by atoms with Crippen LogP contribution >= 0.6 is 0 Å². The quantitative estimate of drug-likeness (QED) is 0.189. The Bertz CT molecular complexity index is 2460. The van der Waals surface area contributed by atoms with Gasteiger partial charge in [-0.3, -0.25) is 0 Å². The average molecular weight is 550 g/mol. The summed E-state index contributed by atoms with van der Waals surface area (Å²) in [5.74, 6) is 0. The van der Waals surface area contributed by atoms with E-state index in [2.05, 4.69) is 159 Å². The lowest BCUT2D eigenvalue weighted by molar-refractivity contribution is 0.591. The highest BCUT2D eigenvalue weighted by molar-refractivity contribution is 6.28. The molecule has 0 fully saturated rings. The Morgan fingerprint density at radius 1 is 0.442 bits per heavy atom. The van der Waals surface area contributed by atoms with E-state index in [4.69, 9.17) is 0 Å². The third kappa shape index (κ3) is 3.52. The molecule has 9 aromatic rings. The first-order valence-corrected chi connectivity index (χ1v) is 15.2. The third-order valence-corrected chi connectivity index (χ3v) is 9.44. The van der Waals surface area contributed by atoms with Gasteiger partial charge in [0.25, 0.3) is 0 Å². The first-order chi connectivity index (χ1) is 21.0. The molecule has 0 aliphatic heterocycles. The molecule has 0 spiro atoms. The molecule has 0 bridgehead atoms. The van der Waals surface area contributed by atoms with Crippen molar-refractivity contribution in [3.05, 3.63) is 139 Å². The minimum atomic E-state index is 0.0782. The lowest BCUT2D eigenvalue weighted by Gasteiger charge is -2.23. The summed E-state index contributed by atoms with van der Waals surface area (Å²) in [5, 5.41) is 13.0. The standard InChI is InChI=1S/C42H31N/c1-42(2,3)31-23-29-18-20-34-36(28-17-16-26-10-4-5-11-27(26)22-28)25-39(35-21-19-30(24-31)40(29)41(34)35)43-37-14-8-6-12-32(37)33-13-7-9-15-38(33)43/h4-25H,1-3H3. The molecular weight excluding hydrogens is 518 g/mol. The van der Waals surface area contributed by atoms with Gasteiger partial charge in [-0.25, -0.2) is 0 Å². The fourth-order valence-corrected chi connectivity index (χ4v) is 7.29. The van der Waals surface area contributed by atoms with Gasteiger partial charge in [-0.1, -0.05) is 130 Å². The summed E-state index contributed by atoms with van der Waals surface area (Å²) in [5.41, 5.74) is 7.66.